The molecule has 0 unspecified atom stereocenters. The van der Waals surface area contributed by atoms with Crippen LogP contribution in [0.2, 0.25) is 5.02 Å². The van der Waals surface area contributed by atoms with Crippen LogP contribution in [0, 0.1) is 0 Å². The normalized spacial score (nSPS) is 12.2. The van der Waals surface area contributed by atoms with Crippen molar-refractivity contribution >= 4 is 29.4 Å². The maximum atomic E-state index is 12.5. The lowest BCUT2D eigenvalue weighted by Crippen LogP contribution is -2.29. The molecule has 0 aromatic heterocycles. The lowest BCUT2D eigenvalue weighted by molar-refractivity contribution is -0.168. The van der Waals surface area contributed by atoms with E-state index in [0.717, 1.165) is 6.08 Å². The number of esters is 1. The smallest absolute Gasteiger partial charge is 0.455 e. The van der Waals surface area contributed by atoms with Crippen LogP contribution in [-0.4, -0.2) is 24.5 Å². The van der Waals surface area contributed by atoms with E-state index in [4.69, 9.17) is 11.6 Å². The fraction of sp³-hybridized carbons (Fsp3) is 0.231. The van der Waals surface area contributed by atoms with Crippen molar-refractivity contribution in [1.82, 2.24) is 0 Å². The second-order valence-corrected chi connectivity index (χ2v) is 4.03. The predicted octanol–water partition coefficient (Wildman–Crippen LogP) is 3.42. The van der Waals surface area contributed by atoms with Crippen LogP contribution in [0.25, 0.3) is 6.08 Å². The van der Waals surface area contributed by atoms with Gasteiger partial charge in [-0.15, -0.1) is 0 Å². The molecule has 0 fully saturated rings. The second-order valence-electron chi connectivity index (χ2n) is 3.63. The number of benzene rings is 1. The fourth-order valence-electron chi connectivity index (χ4n) is 1.33. The first-order valence-corrected chi connectivity index (χ1v) is 5.90. The van der Waals surface area contributed by atoms with Gasteiger partial charge in [-0.3, -0.25) is 4.79 Å². The molecule has 0 atom stereocenters. The highest BCUT2D eigenvalue weighted by atomic mass is 35.5. The van der Waals surface area contributed by atoms with Crippen molar-refractivity contribution in [2.75, 3.05) is 6.61 Å². The fourth-order valence-corrected chi connectivity index (χ4v) is 1.52. The summed E-state index contributed by atoms with van der Waals surface area (Å²) in [6, 6.07) is 5.88. The zero-order valence-corrected chi connectivity index (χ0v) is 11.1. The number of alkyl halides is 3. The maximum Gasteiger partial charge on any atom is 0.455 e. The molecule has 0 amide bonds. The summed E-state index contributed by atoms with van der Waals surface area (Å²) in [7, 11) is 0. The number of halogens is 4. The summed E-state index contributed by atoms with van der Waals surface area (Å²) in [4.78, 5) is 22.8. The molecule has 1 aromatic carbocycles. The third-order valence-corrected chi connectivity index (χ3v) is 2.55. The van der Waals surface area contributed by atoms with Crippen molar-refractivity contribution in [1.29, 1.82) is 0 Å². The van der Waals surface area contributed by atoms with Crippen molar-refractivity contribution in [3.05, 3.63) is 40.4 Å². The number of hydrogen-bond acceptors (Lipinski definition) is 3. The molecule has 1 aromatic rings. The van der Waals surface area contributed by atoms with Crippen molar-refractivity contribution in [2.45, 2.75) is 13.1 Å². The van der Waals surface area contributed by atoms with E-state index in [2.05, 4.69) is 4.74 Å². The van der Waals surface area contributed by atoms with E-state index in [1.54, 1.807) is 6.07 Å². The first-order chi connectivity index (χ1) is 9.27. The maximum absolute atomic E-state index is 12.5. The second kappa shape index (κ2) is 6.56. The van der Waals surface area contributed by atoms with Gasteiger partial charge >= 0.3 is 12.1 Å². The van der Waals surface area contributed by atoms with Gasteiger partial charge in [0.05, 0.1) is 6.61 Å². The Balaban J connectivity index is 3.28. The molecule has 0 heterocycles. The van der Waals surface area contributed by atoms with Gasteiger partial charge in [0.2, 0.25) is 0 Å². The van der Waals surface area contributed by atoms with Crippen LogP contribution in [-0.2, 0) is 14.3 Å². The summed E-state index contributed by atoms with van der Waals surface area (Å²) < 4.78 is 41.9. The molecule has 108 valence electrons. The molecule has 0 radical (unpaired) electrons. The van der Waals surface area contributed by atoms with Gasteiger partial charge in [0.1, 0.15) is 5.57 Å². The van der Waals surface area contributed by atoms with Crippen LogP contribution in [0.15, 0.2) is 29.8 Å². The summed E-state index contributed by atoms with van der Waals surface area (Å²) in [5, 5.41) is 0.115. The van der Waals surface area contributed by atoms with Crippen LogP contribution in [0.1, 0.15) is 12.5 Å². The summed E-state index contributed by atoms with van der Waals surface area (Å²) in [6.07, 6.45) is -4.39. The minimum atomic E-state index is -5.17. The lowest BCUT2D eigenvalue weighted by Gasteiger charge is -2.09. The van der Waals surface area contributed by atoms with Crippen molar-refractivity contribution in [2.24, 2.45) is 0 Å². The Morgan fingerprint density at radius 1 is 1.30 bits per heavy atom. The number of ketones is 1. The molecule has 0 aliphatic heterocycles. The molecule has 0 bridgehead atoms. The SMILES string of the molecule is CCOC(=O)/C(=C/c1ccccc1Cl)C(=O)C(F)(F)F. The molecule has 20 heavy (non-hydrogen) atoms. The van der Waals surface area contributed by atoms with Gasteiger partial charge < -0.3 is 4.74 Å². The van der Waals surface area contributed by atoms with Crippen molar-refractivity contribution in [3.63, 3.8) is 0 Å². The summed E-state index contributed by atoms with van der Waals surface area (Å²) in [5.41, 5.74) is -0.984. The Bertz CT molecular complexity index is 550. The molecule has 0 aliphatic carbocycles. The molecule has 0 saturated heterocycles. The Labute approximate surface area is 118 Å². The van der Waals surface area contributed by atoms with Crippen LogP contribution in [0.3, 0.4) is 0 Å². The summed E-state index contributed by atoms with van der Waals surface area (Å²) >= 11 is 5.78. The minimum absolute atomic E-state index is 0.115. The van der Waals surface area contributed by atoms with E-state index in [1.807, 2.05) is 0 Å². The Hall–Kier alpha value is -1.82. The van der Waals surface area contributed by atoms with E-state index in [-0.39, 0.29) is 17.2 Å². The van der Waals surface area contributed by atoms with Gasteiger partial charge in [-0.1, -0.05) is 29.8 Å². The molecule has 0 aliphatic rings. The molecular formula is C13H10ClF3O3. The Morgan fingerprint density at radius 3 is 2.40 bits per heavy atom. The highest BCUT2D eigenvalue weighted by Crippen LogP contribution is 2.25. The third-order valence-electron chi connectivity index (χ3n) is 2.20. The molecule has 3 nitrogen and oxygen atoms in total. The van der Waals surface area contributed by atoms with Crippen LogP contribution in [0.4, 0.5) is 13.2 Å². The zero-order valence-electron chi connectivity index (χ0n) is 10.3. The topological polar surface area (TPSA) is 43.4 Å². The largest absolute Gasteiger partial charge is 0.462 e. The van der Waals surface area contributed by atoms with Crippen molar-refractivity contribution < 1.29 is 27.5 Å². The van der Waals surface area contributed by atoms with Gasteiger partial charge in [-0.05, 0) is 24.6 Å². The minimum Gasteiger partial charge on any atom is -0.462 e. The zero-order chi connectivity index (χ0) is 15.3. The average Bonchev–Trinajstić information content (AvgIpc) is 2.36. The first kappa shape index (κ1) is 16.2. The van der Waals surface area contributed by atoms with Gasteiger partial charge in [-0.25, -0.2) is 4.79 Å². The van der Waals surface area contributed by atoms with E-state index in [9.17, 15) is 22.8 Å². The predicted molar refractivity (Wildman–Crippen MR) is 67.1 cm³/mol. The summed E-state index contributed by atoms with van der Waals surface area (Å²) in [6.45, 7) is 1.27. The van der Waals surface area contributed by atoms with E-state index in [1.165, 1.54) is 25.1 Å². The highest BCUT2D eigenvalue weighted by molar-refractivity contribution is 6.32. The van der Waals surface area contributed by atoms with Crippen LogP contribution < -0.4 is 0 Å². The molecule has 0 spiro atoms. The molecule has 1 rings (SSSR count). The highest BCUT2D eigenvalue weighted by Gasteiger charge is 2.43. The van der Waals surface area contributed by atoms with Gasteiger partial charge in [-0.2, -0.15) is 13.2 Å². The van der Waals surface area contributed by atoms with Gasteiger partial charge in [0.25, 0.3) is 5.78 Å². The van der Waals surface area contributed by atoms with Crippen LogP contribution in [0.5, 0.6) is 0 Å². The molecule has 0 N–H and O–H groups in total. The number of carbonyl (C=O) groups is 2. The van der Waals surface area contributed by atoms with Crippen LogP contribution >= 0.6 is 11.6 Å². The number of rotatable bonds is 4. The number of hydrogen-bond donors (Lipinski definition) is 0. The lowest BCUT2D eigenvalue weighted by atomic mass is 10.1. The summed E-state index contributed by atoms with van der Waals surface area (Å²) in [5.74, 6) is -3.61. The number of carbonyl (C=O) groups excluding carboxylic acids is 2. The Kier molecular flexibility index (Phi) is 5.33. The van der Waals surface area contributed by atoms with E-state index >= 15 is 0 Å². The van der Waals surface area contributed by atoms with Gasteiger partial charge in [0.15, 0.2) is 0 Å². The monoisotopic (exact) mass is 306 g/mol. The van der Waals surface area contributed by atoms with Crippen molar-refractivity contribution in [3.8, 4) is 0 Å². The van der Waals surface area contributed by atoms with E-state index in [0.29, 0.717) is 0 Å². The molecule has 0 saturated carbocycles. The van der Waals surface area contributed by atoms with E-state index < -0.39 is 23.5 Å². The third kappa shape index (κ3) is 4.09. The average molecular weight is 307 g/mol. The first-order valence-electron chi connectivity index (χ1n) is 5.52. The Morgan fingerprint density at radius 2 is 1.90 bits per heavy atom. The van der Waals surface area contributed by atoms with Gasteiger partial charge in [0, 0.05) is 5.02 Å². The number of Topliss-reactive ketones (excluding diaryl/α,β-unsaturated/α-hetero) is 1. The standard InChI is InChI=1S/C13H10ClF3O3/c1-2-20-12(19)9(11(18)13(15,16)17)7-8-5-3-4-6-10(8)14/h3-7H,2H2,1H3/b9-7+. The quantitative estimate of drug-likeness (QED) is 0.370. The molecular weight excluding hydrogens is 297 g/mol. The number of ether oxygens (including phenoxy) is 1. The molecule has 7 heteroatoms.